The standard InChI is InChI=1S/C23H20N2O4S/c1-14-7-9-15(10-8-14)19-13-30-20(25-19)16-5-4-6-17(11-16)24-12-18-21(26)28-23(2,3)29-22(18)27/h4-13,24H,1-3H3. The van der Waals surface area contributed by atoms with E-state index in [9.17, 15) is 9.59 Å². The normalized spacial score (nSPS) is 15.4. The molecule has 1 aliphatic rings. The molecule has 0 unspecified atom stereocenters. The van der Waals surface area contributed by atoms with E-state index >= 15 is 0 Å². The highest BCUT2D eigenvalue weighted by atomic mass is 32.1. The van der Waals surface area contributed by atoms with E-state index in [0.717, 1.165) is 21.8 Å². The molecule has 0 amide bonds. The maximum atomic E-state index is 12.0. The molecule has 30 heavy (non-hydrogen) atoms. The lowest BCUT2D eigenvalue weighted by Gasteiger charge is -2.29. The van der Waals surface area contributed by atoms with Crippen molar-refractivity contribution in [1.29, 1.82) is 0 Å². The Morgan fingerprint density at radius 1 is 1.00 bits per heavy atom. The molecule has 4 rings (SSSR count). The average Bonchev–Trinajstić information content (AvgIpc) is 3.17. The van der Waals surface area contributed by atoms with Gasteiger partial charge in [-0.2, -0.15) is 0 Å². The predicted octanol–water partition coefficient (Wildman–Crippen LogP) is 4.92. The van der Waals surface area contributed by atoms with Crippen molar-refractivity contribution < 1.29 is 19.1 Å². The van der Waals surface area contributed by atoms with E-state index in [-0.39, 0.29) is 5.57 Å². The highest BCUT2D eigenvalue weighted by molar-refractivity contribution is 7.13. The van der Waals surface area contributed by atoms with Gasteiger partial charge >= 0.3 is 11.9 Å². The van der Waals surface area contributed by atoms with Crippen LogP contribution in [0.1, 0.15) is 19.4 Å². The highest BCUT2D eigenvalue weighted by Gasteiger charge is 2.38. The largest absolute Gasteiger partial charge is 0.419 e. The number of carbonyl (C=O) groups excluding carboxylic acids is 2. The van der Waals surface area contributed by atoms with Crippen molar-refractivity contribution in [1.82, 2.24) is 4.98 Å². The molecular formula is C23H20N2O4S. The molecule has 2 heterocycles. The third kappa shape index (κ3) is 4.26. The number of hydrogen-bond donors (Lipinski definition) is 1. The van der Waals surface area contributed by atoms with Gasteiger partial charge in [-0.25, -0.2) is 14.6 Å². The van der Waals surface area contributed by atoms with Crippen LogP contribution < -0.4 is 5.32 Å². The van der Waals surface area contributed by atoms with Gasteiger partial charge in [-0.3, -0.25) is 0 Å². The number of ether oxygens (including phenoxy) is 2. The first-order valence-corrected chi connectivity index (χ1v) is 10.3. The minimum atomic E-state index is -1.26. The average molecular weight is 420 g/mol. The van der Waals surface area contributed by atoms with E-state index in [0.29, 0.717) is 5.69 Å². The molecule has 0 spiro atoms. The fraction of sp³-hybridized carbons (Fsp3) is 0.174. The van der Waals surface area contributed by atoms with E-state index in [1.54, 1.807) is 11.3 Å². The van der Waals surface area contributed by atoms with Crippen LogP contribution in [0.15, 0.2) is 65.7 Å². The van der Waals surface area contributed by atoms with Crippen LogP contribution in [0.3, 0.4) is 0 Å². The third-order valence-corrected chi connectivity index (χ3v) is 5.35. The Labute approximate surface area is 178 Å². The van der Waals surface area contributed by atoms with Crippen molar-refractivity contribution in [3.05, 3.63) is 71.2 Å². The molecule has 1 fully saturated rings. The number of nitrogens with one attached hydrogen (secondary N) is 1. The maximum absolute atomic E-state index is 12.0. The molecule has 1 N–H and O–H groups in total. The Bertz CT molecular complexity index is 1120. The summed E-state index contributed by atoms with van der Waals surface area (Å²) < 4.78 is 10.2. The van der Waals surface area contributed by atoms with Crippen LogP contribution in [0.5, 0.6) is 0 Å². The van der Waals surface area contributed by atoms with Crippen molar-refractivity contribution in [3.63, 3.8) is 0 Å². The quantitative estimate of drug-likeness (QED) is 0.367. The van der Waals surface area contributed by atoms with Gasteiger partial charge in [0.05, 0.1) is 5.69 Å². The summed E-state index contributed by atoms with van der Waals surface area (Å²) in [4.78, 5) is 28.8. The van der Waals surface area contributed by atoms with E-state index in [2.05, 4.69) is 36.5 Å². The van der Waals surface area contributed by atoms with Gasteiger partial charge in [-0.1, -0.05) is 42.0 Å². The van der Waals surface area contributed by atoms with Crippen LogP contribution >= 0.6 is 11.3 Å². The SMILES string of the molecule is Cc1ccc(-c2csc(-c3cccc(NC=C4C(=O)OC(C)(C)OC4=O)c3)n2)cc1. The lowest BCUT2D eigenvalue weighted by Crippen LogP contribution is -2.42. The Morgan fingerprint density at radius 2 is 1.70 bits per heavy atom. The predicted molar refractivity (Wildman–Crippen MR) is 116 cm³/mol. The van der Waals surface area contributed by atoms with Gasteiger partial charge in [-0.05, 0) is 19.1 Å². The summed E-state index contributed by atoms with van der Waals surface area (Å²) in [7, 11) is 0. The van der Waals surface area contributed by atoms with Gasteiger partial charge < -0.3 is 14.8 Å². The Morgan fingerprint density at radius 3 is 2.40 bits per heavy atom. The molecule has 0 bridgehead atoms. The zero-order valence-electron chi connectivity index (χ0n) is 16.8. The summed E-state index contributed by atoms with van der Waals surface area (Å²) in [6.45, 7) is 5.07. The zero-order chi connectivity index (χ0) is 21.3. The van der Waals surface area contributed by atoms with Gasteiger partial charge in [0.15, 0.2) is 5.57 Å². The fourth-order valence-electron chi connectivity index (χ4n) is 2.94. The molecular weight excluding hydrogens is 400 g/mol. The van der Waals surface area contributed by atoms with Crippen molar-refractivity contribution >= 4 is 29.0 Å². The number of aryl methyl sites for hydroxylation is 1. The van der Waals surface area contributed by atoms with Gasteiger partial charge in [0.1, 0.15) is 5.01 Å². The van der Waals surface area contributed by atoms with Crippen molar-refractivity contribution in [3.8, 4) is 21.8 Å². The van der Waals surface area contributed by atoms with Crippen LogP contribution in [0.25, 0.3) is 21.8 Å². The van der Waals surface area contributed by atoms with Crippen molar-refractivity contribution in [2.45, 2.75) is 26.6 Å². The molecule has 3 aromatic rings. The number of cyclic esters (lactones) is 2. The van der Waals surface area contributed by atoms with Gasteiger partial charge in [0.2, 0.25) is 0 Å². The number of thiazole rings is 1. The zero-order valence-corrected chi connectivity index (χ0v) is 17.6. The number of anilines is 1. The molecule has 152 valence electrons. The number of esters is 2. The lowest BCUT2D eigenvalue weighted by molar-refractivity contribution is -0.222. The minimum absolute atomic E-state index is 0.185. The monoisotopic (exact) mass is 420 g/mol. The molecule has 1 aromatic heterocycles. The number of aromatic nitrogens is 1. The number of benzene rings is 2. The van der Waals surface area contributed by atoms with E-state index in [1.165, 1.54) is 25.6 Å². The molecule has 1 aliphatic heterocycles. The van der Waals surface area contributed by atoms with Crippen LogP contribution in [-0.4, -0.2) is 22.7 Å². The molecule has 7 heteroatoms. The Balaban J connectivity index is 1.53. The number of carbonyl (C=O) groups is 2. The molecule has 2 aromatic carbocycles. The summed E-state index contributed by atoms with van der Waals surface area (Å²) in [6, 6.07) is 15.8. The molecule has 0 atom stereocenters. The van der Waals surface area contributed by atoms with Crippen LogP contribution in [-0.2, 0) is 19.1 Å². The Hall–Kier alpha value is -3.45. The van der Waals surface area contributed by atoms with Crippen molar-refractivity contribution in [2.24, 2.45) is 0 Å². The van der Waals surface area contributed by atoms with Gasteiger partial charge in [0, 0.05) is 42.2 Å². The topological polar surface area (TPSA) is 77.5 Å². The second kappa shape index (κ2) is 7.76. The summed E-state index contributed by atoms with van der Waals surface area (Å²) in [5.74, 6) is -2.70. The van der Waals surface area contributed by atoms with Crippen molar-refractivity contribution in [2.75, 3.05) is 5.32 Å². The minimum Gasteiger partial charge on any atom is -0.419 e. The smallest absolute Gasteiger partial charge is 0.350 e. The second-order valence-corrected chi connectivity index (χ2v) is 8.22. The van der Waals surface area contributed by atoms with Gasteiger partial charge in [-0.15, -0.1) is 11.3 Å². The first kappa shape index (κ1) is 19.8. The van der Waals surface area contributed by atoms with Gasteiger partial charge in [0.25, 0.3) is 5.79 Å². The first-order chi connectivity index (χ1) is 14.3. The molecule has 0 radical (unpaired) electrons. The fourth-order valence-corrected chi connectivity index (χ4v) is 3.77. The van der Waals surface area contributed by atoms with E-state index in [4.69, 9.17) is 14.5 Å². The van der Waals surface area contributed by atoms with Crippen LogP contribution in [0, 0.1) is 6.92 Å². The maximum Gasteiger partial charge on any atom is 0.350 e. The summed E-state index contributed by atoms with van der Waals surface area (Å²) in [5.41, 5.74) is 4.64. The molecule has 0 aliphatic carbocycles. The first-order valence-electron chi connectivity index (χ1n) is 9.37. The molecule has 6 nitrogen and oxygen atoms in total. The van der Waals surface area contributed by atoms with E-state index in [1.807, 2.05) is 29.6 Å². The van der Waals surface area contributed by atoms with Crippen LogP contribution in [0.2, 0.25) is 0 Å². The molecule has 0 saturated carbocycles. The second-order valence-electron chi connectivity index (χ2n) is 7.37. The number of rotatable bonds is 4. The lowest BCUT2D eigenvalue weighted by atomic mass is 10.1. The number of nitrogens with zero attached hydrogens (tertiary/aromatic N) is 1. The molecule has 1 saturated heterocycles. The summed E-state index contributed by atoms with van der Waals surface area (Å²) >= 11 is 1.55. The number of hydrogen-bond acceptors (Lipinski definition) is 7. The Kier molecular flexibility index (Phi) is 5.13. The third-order valence-electron chi connectivity index (χ3n) is 4.46. The van der Waals surface area contributed by atoms with Crippen LogP contribution in [0.4, 0.5) is 5.69 Å². The van der Waals surface area contributed by atoms with E-state index < -0.39 is 17.7 Å². The summed E-state index contributed by atoms with van der Waals surface area (Å²) in [5, 5.41) is 5.87. The highest BCUT2D eigenvalue weighted by Crippen LogP contribution is 2.30. The summed E-state index contributed by atoms with van der Waals surface area (Å²) in [6.07, 6.45) is 1.30.